The number of thiophene rings is 1. The molecule has 72 heavy (non-hydrogen) atoms. The number of fused-ring (bicyclic) bond motifs is 3. The van der Waals surface area contributed by atoms with E-state index in [1.54, 1.807) is 41.0 Å². The highest BCUT2D eigenvalue weighted by atomic mass is 35.5. The molecule has 4 N–H and O–H groups in total. The van der Waals surface area contributed by atoms with Gasteiger partial charge in [0.2, 0.25) is 29.5 Å². The second-order valence-electron chi connectivity index (χ2n) is 20.1. The summed E-state index contributed by atoms with van der Waals surface area (Å²) in [5, 5.41) is 30.4. The first-order valence-electron chi connectivity index (χ1n) is 24.2. The van der Waals surface area contributed by atoms with Crippen LogP contribution in [0.15, 0.2) is 77.4 Å². The molecule has 6 aromatic rings. The van der Waals surface area contributed by atoms with E-state index in [0.29, 0.717) is 35.1 Å². The van der Waals surface area contributed by atoms with Gasteiger partial charge in [-0.15, -0.1) is 32.9 Å². The predicted octanol–water partition coefficient (Wildman–Crippen LogP) is 7.66. The van der Waals surface area contributed by atoms with Gasteiger partial charge in [0.1, 0.15) is 35.1 Å². The molecule has 16 nitrogen and oxygen atoms in total. The molecule has 2 aromatic carbocycles. The Bertz CT molecular complexity index is 3030. The first kappa shape index (κ1) is 50.6. The van der Waals surface area contributed by atoms with Gasteiger partial charge in [-0.1, -0.05) is 74.8 Å². The molecule has 19 heteroatoms. The number of thiazole rings is 1. The van der Waals surface area contributed by atoms with E-state index in [0.717, 1.165) is 54.9 Å². The molecular formula is C53H59ClN10O6S2. The Morgan fingerprint density at radius 1 is 0.903 bits per heavy atom. The lowest BCUT2D eigenvalue weighted by atomic mass is 9.85. The molecule has 1 aliphatic carbocycles. The standard InChI is InChI=1S/C53H59ClN10O6S2/c1-27-30(4)72-52-45(27)46(34-14-16-36(54)17-15-34)59-40(49-62-61-31(5)64(49)52)23-43(67)58-37-20-39(21-37)70-44-18-9-32(24-55-44)19-42(66)60-48(53(6,7)8)51(69)63-25-38(65)22-41(63)50(68)57-28(2)33-10-12-35(13-11-33)47-29(3)56-26-71-47/h9-18,24,26,28,37-41,48,65H,19-23,25H2,1-8H3,(H,57,68)(H,58,67)(H,60,66)/t28-,37?,38+,39?,40-,41-,48+/m0/s1. The van der Waals surface area contributed by atoms with Crippen LogP contribution in [0.1, 0.15) is 115 Å². The van der Waals surface area contributed by atoms with Crippen molar-refractivity contribution in [2.75, 3.05) is 6.54 Å². The monoisotopic (exact) mass is 1030 g/mol. The molecule has 5 atom stereocenters. The fourth-order valence-electron chi connectivity index (χ4n) is 9.54. The van der Waals surface area contributed by atoms with E-state index in [9.17, 15) is 24.3 Å². The van der Waals surface area contributed by atoms with Crippen LogP contribution in [-0.2, 0) is 25.6 Å². The first-order chi connectivity index (χ1) is 34.3. The molecule has 2 fully saturated rings. The number of β-amino-alcohol motifs (C(OH)–C–C–N with tert-alkyl or cyclic N) is 1. The number of aliphatic hydroxyl groups excluding tert-OH is 1. The van der Waals surface area contributed by atoms with Crippen LogP contribution in [-0.4, -0.2) is 101 Å². The second kappa shape index (κ2) is 20.6. The van der Waals surface area contributed by atoms with Gasteiger partial charge in [-0.05, 0) is 74.4 Å². The molecule has 1 saturated carbocycles. The molecule has 0 radical (unpaired) electrons. The van der Waals surface area contributed by atoms with Gasteiger partial charge in [-0.2, -0.15) is 0 Å². The lowest BCUT2D eigenvalue weighted by Gasteiger charge is -2.35. The number of nitrogens with one attached hydrogen (secondary N) is 3. The average molecular weight is 1030 g/mol. The number of pyridine rings is 1. The number of carbonyl (C=O) groups is 4. The van der Waals surface area contributed by atoms with Gasteiger partial charge in [0.05, 0.1) is 46.8 Å². The van der Waals surface area contributed by atoms with Crippen molar-refractivity contribution >= 4 is 63.6 Å². The topological polar surface area (TPSA) is 206 Å². The molecule has 0 spiro atoms. The van der Waals surface area contributed by atoms with E-state index in [4.69, 9.17) is 21.3 Å². The Labute approximate surface area is 431 Å². The minimum Gasteiger partial charge on any atom is -0.474 e. The number of likely N-dealkylation sites (tertiary alicyclic amines) is 1. The molecule has 1 saturated heterocycles. The van der Waals surface area contributed by atoms with Crippen LogP contribution in [0.25, 0.3) is 15.4 Å². The normalized spacial score (nSPS) is 20.3. The number of aliphatic hydroxyl groups is 1. The van der Waals surface area contributed by atoms with Crippen molar-refractivity contribution in [1.29, 1.82) is 0 Å². The molecule has 4 amide bonds. The summed E-state index contributed by atoms with van der Waals surface area (Å²) in [5.74, 6) is 0.362. The van der Waals surface area contributed by atoms with E-state index in [1.807, 2.05) is 100 Å². The number of amides is 4. The van der Waals surface area contributed by atoms with Crippen molar-refractivity contribution in [3.8, 4) is 21.3 Å². The lowest BCUT2D eigenvalue weighted by molar-refractivity contribution is -0.144. The lowest BCUT2D eigenvalue weighted by Crippen LogP contribution is -2.58. The number of carbonyl (C=O) groups excluding carboxylic acids is 4. The van der Waals surface area contributed by atoms with Crippen molar-refractivity contribution in [3.63, 3.8) is 0 Å². The number of aliphatic imine (C=N–C) groups is 1. The maximum absolute atomic E-state index is 14.3. The van der Waals surface area contributed by atoms with Crippen LogP contribution < -0.4 is 20.7 Å². The van der Waals surface area contributed by atoms with Crippen molar-refractivity contribution < 1.29 is 29.0 Å². The molecule has 376 valence electrons. The van der Waals surface area contributed by atoms with E-state index in [2.05, 4.69) is 50.0 Å². The zero-order valence-electron chi connectivity index (χ0n) is 41.5. The van der Waals surface area contributed by atoms with Crippen molar-refractivity contribution in [2.45, 2.75) is 130 Å². The summed E-state index contributed by atoms with van der Waals surface area (Å²) in [6, 6.07) is 16.0. The third-order valence-corrected chi connectivity index (χ3v) is 16.1. The zero-order valence-corrected chi connectivity index (χ0v) is 43.9. The Balaban J connectivity index is 0.768. The number of nitrogens with zero attached hydrogens (tertiary/aromatic N) is 7. The van der Waals surface area contributed by atoms with Crippen molar-refractivity contribution in [3.05, 3.63) is 127 Å². The van der Waals surface area contributed by atoms with E-state index in [1.165, 1.54) is 9.78 Å². The number of hydrogen-bond acceptors (Lipinski definition) is 13. The second-order valence-corrected chi connectivity index (χ2v) is 22.6. The average Bonchev–Trinajstić information content (AvgIpc) is 4.10. The highest BCUT2D eigenvalue weighted by Crippen LogP contribution is 2.40. The van der Waals surface area contributed by atoms with Crippen LogP contribution in [0.3, 0.4) is 0 Å². The molecule has 3 aliphatic rings. The van der Waals surface area contributed by atoms with Crippen LogP contribution in [0.4, 0.5) is 0 Å². The number of aromatic nitrogens is 5. The van der Waals surface area contributed by atoms with Gasteiger partial charge in [0, 0.05) is 65.1 Å². The number of benzene rings is 2. The summed E-state index contributed by atoms with van der Waals surface area (Å²) in [4.78, 5) is 72.9. The fourth-order valence-corrected chi connectivity index (χ4v) is 11.7. The first-order valence-corrected chi connectivity index (χ1v) is 26.2. The van der Waals surface area contributed by atoms with E-state index < -0.39 is 41.5 Å². The maximum atomic E-state index is 14.3. The zero-order chi connectivity index (χ0) is 51.2. The van der Waals surface area contributed by atoms with Gasteiger partial charge in [-0.3, -0.25) is 28.7 Å². The van der Waals surface area contributed by atoms with Crippen LogP contribution in [0, 0.1) is 33.1 Å². The van der Waals surface area contributed by atoms with Crippen LogP contribution in [0.5, 0.6) is 5.88 Å². The summed E-state index contributed by atoms with van der Waals surface area (Å²) in [5.41, 5.74) is 8.41. The fraction of sp³-hybridized carbons (Fsp3) is 0.415. The predicted molar refractivity (Wildman–Crippen MR) is 278 cm³/mol. The third-order valence-electron chi connectivity index (χ3n) is 13.7. The third kappa shape index (κ3) is 10.7. The molecule has 9 rings (SSSR count). The highest BCUT2D eigenvalue weighted by molar-refractivity contribution is 7.15. The Hall–Kier alpha value is -6.34. The molecule has 2 aliphatic heterocycles. The Morgan fingerprint density at radius 3 is 2.29 bits per heavy atom. The number of halogens is 1. The summed E-state index contributed by atoms with van der Waals surface area (Å²) in [7, 11) is 0. The summed E-state index contributed by atoms with van der Waals surface area (Å²) in [6.07, 6.45) is 1.80. The molecular weight excluding hydrogens is 972 g/mol. The van der Waals surface area contributed by atoms with Gasteiger partial charge in [0.15, 0.2) is 5.82 Å². The minimum atomic E-state index is -0.979. The molecule has 4 aromatic heterocycles. The maximum Gasteiger partial charge on any atom is 0.246 e. The van der Waals surface area contributed by atoms with Crippen LogP contribution in [0.2, 0.25) is 5.02 Å². The van der Waals surface area contributed by atoms with Gasteiger partial charge < -0.3 is 30.7 Å². The Kier molecular flexibility index (Phi) is 14.5. The minimum absolute atomic E-state index is 0.0285. The van der Waals surface area contributed by atoms with E-state index in [-0.39, 0.29) is 55.8 Å². The number of hydrogen-bond donors (Lipinski definition) is 4. The molecule has 0 bridgehead atoms. The molecule has 6 heterocycles. The number of ether oxygens (including phenoxy) is 1. The largest absolute Gasteiger partial charge is 0.474 e. The highest BCUT2D eigenvalue weighted by Gasteiger charge is 2.45. The smallest absolute Gasteiger partial charge is 0.246 e. The van der Waals surface area contributed by atoms with Crippen LogP contribution >= 0.6 is 34.3 Å². The van der Waals surface area contributed by atoms with Gasteiger partial charge >= 0.3 is 0 Å². The van der Waals surface area contributed by atoms with Crippen molar-refractivity contribution in [2.24, 2.45) is 10.4 Å². The summed E-state index contributed by atoms with van der Waals surface area (Å²) in [6.45, 7) is 15.5. The number of aryl methyl sites for hydroxylation is 3. The summed E-state index contributed by atoms with van der Waals surface area (Å²) < 4.78 is 8.17. The number of rotatable bonds is 14. The summed E-state index contributed by atoms with van der Waals surface area (Å²) >= 11 is 9.50. The van der Waals surface area contributed by atoms with E-state index >= 15 is 0 Å². The SMILES string of the molecule is Cc1ncsc1-c1ccc([C@H](C)NC(=O)[C@@H]2C[C@@H](O)CN2C(=O)[C@@H](NC(=O)Cc2ccc(OC3CC(NC(=O)C[C@@H]4N=C(c5ccc(Cl)cc5)c5c(sc(C)c5C)-n5c(C)nnc54)C3)nc2)C(C)(C)C)cc1. The molecule has 0 unspecified atom stereocenters. The Morgan fingerprint density at radius 2 is 1.62 bits per heavy atom. The van der Waals surface area contributed by atoms with Crippen molar-refractivity contribution in [1.82, 2.24) is 45.6 Å². The quantitative estimate of drug-likeness (QED) is 0.0839. The van der Waals surface area contributed by atoms with Gasteiger partial charge in [0.25, 0.3) is 0 Å². The van der Waals surface area contributed by atoms with Gasteiger partial charge in [-0.25, -0.2) is 9.97 Å².